The number of hydrogen-bond acceptors (Lipinski definition) is 2. The summed E-state index contributed by atoms with van der Waals surface area (Å²) < 4.78 is 26.6. The lowest BCUT2D eigenvalue weighted by atomic mass is 9.96. The van der Waals surface area contributed by atoms with Gasteiger partial charge < -0.3 is 10.0 Å². The van der Waals surface area contributed by atoms with Gasteiger partial charge in [0.2, 0.25) is 5.91 Å². The van der Waals surface area contributed by atoms with Gasteiger partial charge in [0.15, 0.2) is 0 Å². The Kier molecular flexibility index (Phi) is 6.46. The molecule has 0 spiro atoms. The zero-order chi connectivity index (χ0) is 16.9. The normalized spacial score (nSPS) is 12.3. The van der Waals surface area contributed by atoms with Gasteiger partial charge in [-0.2, -0.15) is 0 Å². The van der Waals surface area contributed by atoms with E-state index in [0.717, 1.165) is 12.1 Å². The van der Waals surface area contributed by atoms with E-state index >= 15 is 0 Å². The van der Waals surface area contributed by atoms with Crippen LogP contribution in [0.3, 0.4) is 0 Å². The van der Waals surface area contributed by atoms with Crippen LogP contribution in [-0.2, 0) is 9.59 Å². The molecule has 0 bridgehead atoms. The van der Waals surface area contributed by atoms with E-state index in [0.29, 0.717) is 6.54 Å². The predicted octanol–water partition coefficient (Wildman–Crippen LogP) is 3.03. The first kappa shape index (κ1) is 18.1. The van der Waals surface area contributed by atoms with Crippen molar-refractivity contribution in [2.75, 3.05) is 13.1 Å². The Bertz CT molecular complexity index is 546. The molecule has 1 aromatic carbocycles. The molecule has 0 aliphatic rings. The summed E-state index contributed by atoms with van der Waals surface area (Å²) in [6, 6.07) is 3.23. The van der Waals surface area contributed by atoms with Crippen LogP contribution in [0.2, 0.25) is 0 Å². The quantitative estimate of drug-likeness (QED) is 0.842. The van der Waals surface area contributed by atoms with Gasteiger partial charge in [-0.1, -0.05) is 26.8 Å². The highest BCUT2D eigenvalue weighted by atomic mass is 19.1. The third-order valence-electron chi connectivity index (χ3n) is 3.24. The SMILES string of the molecule is CC(C)CN(CC(=O)O)C(=O)CC(C)c1ccc(F)cc1F. The Morgan fingerprint density at radius 3 is 2.36 bits per heavy atom. The van der Waals surface area contributed by atoms with Crippen LogP contribution in [0, 0.1) is 17.6 Å². The molecule has 0 saturated heterocycles. The molecule has 1 amide bonds. The Morgan fingerprint density at radius 1 is 1.23 bits per heavy atom. The Morgan fingerprint density at radius 2 is 1.86 bits per heavy atom. The van der Waals surface area contributed by atoms with Crippen LogP contribution in [-0.4, -0.2) is 35.0 Å². The van der Waals surface area contributed by atoms with Gasteiger partial charge in [0.05, 0.1) is 0 Å². The third-order valence-corrected chi connectivity index (χ3v) is 3.24. The van der Waals surface area contributed by atoms with E-state index in [1.54, 1.807) is 6.92 Å². The van der Waals surface area contributed by atoms with Crippen LogP contribution in [0.15, 0.2) is 18.2 Å². The van der Waals surface area contributed by atoms with Crippen LogP contribution >= 0.6 is 0 Å². The van der Waals surface area contributed by atoms with Gasteiger partial charge in [0.25, 0.3) is 0 Å². The highest BCUT2D eigenvalue weighted by molar-refractivity contribution is 5.81. The maximum atomic E-state index is 13.7. The van der Waals surface area contributed by atoms with E-state index in [1.807, 2.05) is 13.8 Å². The summed E-state index contributed by atoms with van der Waals surface area (Å²) in [5.41, 5.74) is 0.245. The predicted molar refractivity (Wildman–Crippen MR) is 78.4 cm³/mol. The van der Waals surface area contributed by atoms with E-state index in [-0.39, 0.29) is 30.4 Å². The van der Waals surface area contributed by atoms with Gasteiger partial charge in [-0.15, -0.1) is 0 Å². The summed E-state index contributed by atoms with van der Waals surface area (Å²) in [7, 11) is 0. The Labute approximate surface area is 128 Å². The molecule has 1 atom stereocenters. The second kappa shape index (κ2) is 7.87. The number of nitrogens with zero attached hydrogens (tertiary/aromatic N) is 1. The summed E-state index contributed by atoms with van der Waals surface area (Å²) >= 11 is 0. The molecule has 22 heavy (non-hydrogen) atoms. The summed E-state index contributed by atoms with van der Waals surface area (Å²) in [4.78, 5) is 24.3. The first-order valence-electron chi connectivity index (χ1n) is 7.15. The van der Waals surface area contributed by atoms with Crippen molar-refractivity contribution in [1.82, 2.24) is 4.90 Å². The van der Waals surface area contributed by atoms with Crippen LogP contribution < -0.4 is 0 Å². The zero-order valence-electron chi connectivity index (χ0n) is 13.0. The number of rotatable bonds is 7. The number of carbonyl (C=O) groups excluding carboxylic acids is 1. The van der Waals surface area contributed by atoms with Gasteiger partial charge in [-0.3, -0.25) is 9.59 Å². The second-order valence-corrected chi connectivity index (χ2v) is 5.83. The number of halogens is 2. The fourth-order valence-electron chi connectivity index (χ4n) is 2.26. The van der Waals surface area contributed by atoms with Crippen molar-refractivity contribution in [3.05, 3.63) is 35.4 Å². The summed E-state index contributed by atoms with van der Waals surface area (Å²) in [5, 5.41) is 8.88. The van der Waals surface area contributed by atoms with E-state index < -0.39 is 23.5 Å². The molecule has 0 aliphatic carbocycles. The molecule has 6 heteroatoms. The molecule has 1 rings (SSSR count). The highest BCUT2D eigenvalue weighted by Crippen LogP contribution is 2.23. The van der Waals surface area contributed by atoms with E-state index in [2.05, 4.69) is 0 Å². The molecule has 0 radical (unpaired) electrons. The molecule has 0 aromatic heterocycles. The van der Waals surface area contributed by atoms with E-state index in [4.69, 9.17) is 5.11 Å². The van der Waals surface area contributed by atoms with E-state index in [1.165, 1.54) is 11.0 Å². The van der Waals surface area contributed by atoms with Gasteiger partial charge in [0.1, 0.15) is 18.2 Å². The van der Waals surface area contributed by atoms with Crippen molar-refractivity contribution in [2.24, 2.45) is 5.92 Å². The number of amides is 1. The Balaban J connectivity index is 2.80. The Hall–Kier alpha value is -1.98. The maximum Gasteiger partial charge on any atom is 0.323 e. The van der Waals surface area contributed by atoms with Crippen LogP contribution in [0.25, 0.3) is 0 Å². The summed E-state index contributed by atoms with van der Waals surface area (Å²) in [5.74, 6) is -3.15. The average Bonchev–Trinajstić information content (AvgIpc) is 2.36. The molecule has 0 heterocycles. The minimum Gasteiger partial charge on any atom is -0.480 e. The third kappa shape index (κ3) is 5.42. The molecular formula is C16H21F2NO3. The van der Waals surface area contributed by atoms with Crippen LogP contribution in [0.4, 0.5) is 8.78 Å². The van der Waals surface area contributed by atoms with Crippen LogP contribution in [0.1, 0.15) is 38.7 Å². The lowest BCUT2D eigenvalue weighted by molar-refractivity contribution is -0.145. The van der Waals surface area contributed by atoms with Crippen molar-refractivity contribution in [2.45, 2.75) is 33.1 Å². The van der Waals surface area contributed by atoms with Crippen LogP contribution in [0.5, 0.6) is 0 Å². The number of carbonyl (C=O) groups is 2. The first-order chi connectivity index (χ1) is 10.2. The standard InChI is InChI=1S/C16H21F2NO3/c1-10(2)8-19(9-16(21)22)15(20)6-11(3)13-5-4-12(17)7-14(13)18/h4-5,7,10-11H,6,8-9H2,1-3H3,(H,21,22). The van der Waals surface area contributed by atoms with Crippen molar-refractivity contribution >= 4 is 11.9 Å². The van der Waals surface area contributed by atoms with Crippen molar-refractivity contribution in [3.8, 4) is 0 Å². The molecule has 122 valence electrons. The molecule has 0 fully saturated rings. The zero-order valence-corrected chi connectivity index (χ0v) is 13.0. The highest BCUT2D eigenvalue weighted by Gasteiger charge is 2.22. The molecule has 1 aromatic rings. The van der Waals surface area contributed by atoms with Gasteiger partial charge in [0, 0.05) is 19.0 Å². The summed E-state index contributed by atoms with van der Waals surface area (Å²) in [6.07, 6.45) is -0.0252. The summed E-state index contributed by atoms with van der Waals surface area (Å²) in [6.45, 7) is 5.36. The number of aliphatic carboxylic acids is 1. The first-order valence-corrected chi connectivity index (χ1v) is 7.15. The van der Waals surface area contributed by atoms with Crippen molar-refractivity contribution in [1.29, 1.82) is 0 Å². The minimum atomic E-state index is -1.09. The monoisotopic (exact) mass is 313 g/mol. The minimum absolute atomic E-state index is 0.0252. The molecule has 4 nitrogen and oxygen atoms in total. The number of carboxylic acid groups (broad SMARTS) is 1. The van der Waals surface area contributed by atoms with Gasteiger partial charge >= 0.3 is 5.97 Å². The lowest BCUT2D eigenvalue weighted by Crippen LogP contribution is -2.38. The van der Waals surface area contributed by atoms with E-state index in [9.17, 15) is 18.4 Å². The van der Waals surface area contributed by atoms with Crippen molar-refractivity contribution in [3.63, 3.8) is 0 Å². The fraction of sp³-hybridized carbons (Fsp3) is 0.500. The van der Waals surface area contributed by atoms with Gasteiger partial charge in [-0.25, -0.2) is 8.78 Å². The smallest absolute Gasteiger partial charge is 0.323 e. The lowest BCUT2D eigenvalue weighted by Gasteiger charge is -2.24. The molecule has 1 N–H and O–H groups in total. The molecule has 1 unspecified atom stereocenters. The largest absolute Gasteiger partial charge is 0.480 e. The molecular weight excluding hydrogens is 292 g/mol. The topological polar surface area (TPSA) is 57.6 Å². The number of benzene rings is 1. The molecule has 0 aliphatic heterocycles. The number of hydrogen-bond donors (Lipinski definition) is 1. The number of carboxylic acids is 1. The average molecular weight is 313 g/mol. The van der Waals surface area contributed by atoms with Gasteiger partial charge in [-0.05, 0) is 23.5 Å². The fourth-order valence-corrected chi connectivity index (χ4v) is 2.26. The van der Waals surface area contributed by atoms with Crippen molar-refractivity contribution < 1.29 is 23.5 Å². The maximum absolute atomic E-state index is 13.7. The molecule has 0 saturated carbocycles. The second-order valence-electron chi connectivity index (χ2n) is 5.83.